The number of nitrogens with zero attached hydrogens (tertiary/aromatic N) is 4. The Morgan fingerprint density at radius 2 is 2.12 bits per heavy atom. The van der Waals surface area contributed by atoms with Gasteiger partial charge in [-0.1, -0.05) is 12.1 Å². The zero-order valence-corrected chi connectivity index (χ0v) is 14.2. The smallest absolute Gasteiger partial charge is 0.252 e. The third kappa shape index (κ3) is 3.46. The first-order chi connectivity index (χ1) is 12.3. The predicted molar refractivity (Wildman–Crippen MR) is 92.7 cm³/mol. The van der Waals surface area contributed by atoms with E-state index in [9.17, 15) is 14.0 Å². The Morgan fingerprint density at radius 3 is 2.77 bits per heavy atom. The lowest BCUT2D eigenvalue weighted by Crippen LogP contribution is -2.20. The minimum Gasteiger partial charge on any atom is -0.365 e. The van der Waals surface area contributed by atoms with Crippen molar-refractivity contribution in [1.82, 2.24) is 19.6 Å². The molecule has 0 radical (unpaired) electrons. The molecule has 3 rings (SSSR count). The van der Waals surface area contributed by atoms with Crippen LogP contribution in [0.25, 0.3) is 11.1 Å². The van der Waals surface area contributed by atoms with Crippen LogP contribution in [0.5, 0.6) is 0 Å². The van der Waals surface area contributed by atoms with Crippen LogP contribution in [-0.2, 0) is 18.4 Å². The van der Waals surface area contributed by atoms with Gasteiger partial charge in [-0.2, -0.15) is 10.2 Å². The minimum absolute atomic E-state index is 0.0502. The summed E-state index contributed by atoms with van der Waals surface area (Å²) in [4.78, 5) is 23.7. The number of rotatable bonds is 5. The van der Waals surface area contributed by atoms with Gasteiger partial charge in [0.25, 0.3) is 5.91 Å². The molecule has 0 aliphatic carbocycles. The van der Waals surface area contributed by atoms with Crippen molar-refractivity contribution in [2.45, 2.75) is 13.5 Å². The molecule has 0 bridgehead atoms. The van der Waals surface area contributed by atoms with E-state index in [2.05, 4.69) is 15.5 Å². The summed E-state index contributed by atoms with van der Waals surface area (Å²) in [5, 5.41) is 11.0. The van der Waals surface area contributed by atoms with E-state index in [4.69, 9.17) is 5.73 Å². The number of hydrogen-bond donors (Lipinski definition) is 2. The van der Waals surface area contributed by atoms with Crippen LogP contribution in [0.3, 0.4) is 0 Å². The lowest BCUT2D eigenvalue weighted by atomic mass is 10.0. The number of halogens is 1. The van der Waals surface area contributed by atoms with Gasteiger partial charge in [0.15, 0.2) is 0 Å². The van der Waals surface area contributed by atoms with Gasteiger partial charge in [0, 0.05) is 30.4 Å². The number of benzene rings is 1. The molecule has 0 saturated heterocycles. The number of carbonyl (C=O) groups excluding carboxylic acids is 2. The Labute approximate surface area is 148 Å². The molecule has 8 nitrogen and oxygen atoms in total. The highest BCUT2D eigenvalue weighted by atomic mass is 19.1. The topological polar surface area (TPSA) is 108 Å². The summed E-state index contributed by atoms with van der Waals surface area (Å²) in [5.41, 5.74) is 6.66. The molecule has 2 amide bonds. The monoisotopic (exact) mass is 356 g/mol. The van der Waals surface area contributed by atoms with Gasteiger partial charge in [0.1, 0.15) is 18.2 Å². The van der Waals surface area contributed by atoms with E-state index < -0.39 is 11.7 Å². The van der Waals surface area contributed by atoms with Crippen molar-refractivity contribution < 1.29 is 14.0 Å². The molecular formula is C17H17FN6O2. The maximum absolute atomic E-state index is 13.9. The summed E-state index contributed by atoms with van der Waals surface area (Å²) in [6.45, 7) is 1.77. The molecule has 9 heteroatoms. The van der Waals surface area contributed by atoms with Crippen molar-refractivity contribution in [2.24, 2.45) is 12.8 Å². The van der Waals surface area contributed by atoms with E-state index in [1.54, 1.807) is 30.1 Å². The third-order valence-electron chi connectivity index (χ3n) is 3.78. The van der Waals surface area contributed by atoms with Gasteiger partial charge in [0.05, 0.1) is 17.5 Å². The SMILES string of the molecule is Cc1cc(NC(=O)Cn2cc(-c3cccc(F)c3C(N)=O)cn2)n(C)n1. The zero-order chi connectivity index (χ0) is 18.8. The minimum atomic E-state index is -0.866. The number of aryl methyl sites for hydroxylation is 2. The summed E-state index contributed by atoms with van der Waals surface area (Å²) in [7, 11) is 1.73. The van der Waals surface area contributed by atoms with Gasteiger partial charge < -0.3 is 11.1 Å². The Bertz CT molecular complexity index is 991. The number of carbonyl (C=O) groups is 2. The van der Waals surface area contributed by atoms with E-state index in [0.717, 1.165) is 11.8 Å². The Kier molecular flexibility index (Phi) is 4.53. The molecule has 134 valence electrons. The van der Waals surface area contributed by atoms with Gasteiger partial charge in [-0.15, -0.1) is 0 Å². The largest absolute Gasteiger partial charge is 0.365 e. The molecule has 3 N–H and O–H groups in total. The molecule has 2 aromatic heterocycles. The number of nitrogens with one attached hydrogen (secondary N) is 1. The Hall–Kier alpha value is -3.49. The number of anilines is 1. The summed E-state index contributed by atoms with van der Waals surface area (Å²) in [6, 6.07) is 5.96. The normalized spacial score (nSPS) is 10.7. The van der Waals surface area contributed by atoms with Crippen molar-refractivity contribution >= 4 is 17.6 Å². The quantitative estimate of drug-likeness (QED) is 0.721. The molecule has 0 aliphatic rings. The molecule has 0 spiro atoms. The summed E-state index contributed by atoms with van der Waals surface area (Å²) >= 11 is 0. The maximum Gasteiger partial charge on any atom is 0.252 e. The molecular weight excluding hydrogens is 339 g/mol. The van der Waals surface area contributed by atoms with E-state index >= 15 is 0 Å². The first kappa shape index (κ1) is 17.3. The second kappa shape index (κ2) is 6.79. The van der Waals surface area contributed by atoms with Gasteiger partial charge in [-0.25, -0.2) is 4.39 Å². The number of aromatic nitrogens is 4. The van der Waals surface area contributed by atoms with Gasteiger partial charge in [0.2, 0.25) is 5.91 Å². The van der Waals surface area contributed by atoms with E-state index in [1.807, 2.05) is 6.92 Å². The first-order valence-corrected chi connectivity index (χ1v) is 7.77. The van der Waals surface area contributed by atoms with Crippen LogP contribution in [0, 0.1) is 12.7 Å². The fraction of sp³-hybridized carbons (Fsp3) is 0.176. The van der Waals surface area contributed by atoms with Gasteiger partial charge in [-0.3, -0.25) is 19.0 Å². The lowest BCUT2D eigenvalue weighted by molar-refractivity contribution is -0.116. The summed E-state index contributed by atoms with van der Waals surface area (Å²) < 4.78 is 16.8. The molecule has 0 saturated carbocycles. The number of primary amides is 1. The van der Waals surface area contributed by atoms with Crippen LogP contribution < -0.4 is 11.1 Å². The number of amides is 2. The summed E-state index contributed by atoms with van der Waals surface area (Å²) in [6.07, 6.45) is 3.00. The molecule has 0 fully saturated rings. The van der Waals surface area contributed by atoms with E-state index in [0.29, 0.717) is 16.9 Å². The Morgan fingerprint density at radius 1 is 1.35 bits per heavy atom. The highest BCUT2D eigenvalue weighted by molar-refractivity contribution is 6.00. The van der Waals surface area contributed by atoms with Crippen LogP contribution >= 0.6 is 0 Å². The Balaban J connectivity index is 1.79. The molecule has 2 heterocycles. The van der Waals surface area contributed by atoms with Crippen LogP contribution in [0.15, 0.2) is 36.7 Å². The average molecular weight is 356 g/mol. The third-order valence-corrected chi connectivity index (χ3v) is 3.78. The van der Waals surface area contributed by atoms with Gasteiger partial charge >= 0.3 is 0 Å². The van der Waals surface area contributed by atoms with Crippen molar-refractivity contribution in [3.63, 3.8) is 0 Å². The molecule has 3 aromatic rings. The zero-order valence-electron chi connectivity index (χ0n) is 14.2. The van der Waals surface area contributed by atoms with Crippen molar-refractivity contribution in [1.29, 1.82) is 0 Å². The number of nitrogens with two attached hydrogens (primary N) is 1. The van der Waals surface area contributed by atoms with Crippen LogP contribution in [0.1, 0.15) is 16.1 Å². The van der Waals surface area contributed by atoms with Crippen molar-refractivity contribution in [2.75, 3.05) is 5.32 Å². The highest BCUT2D eigenvalue weighted by Gasteiger charge is 2.17. The predicted octanol–water partition coefficient (Wildman–Crippen LogP) is 1.47. The fourth-order valence-electron chi connectivity index (χ4n) is 2.66. The highest BCUT2D eigenvalue weighted by Crippen LogP contribution is 2.25. The van der Waals surface area contributed by atoms with E-state index in [-0.39, 0.29) is 18.0 Å². The molecule has 1 aromatic carbocycles. The summed E-state index contributed by atoms with van der Waals surface area (Å²) in [5.74, 6) is -1.29. The second-order valence-electron chi connectivity index (χ2n) is 5.80. The second-order valence-corrected chi connectivity index (χ2v) is 5.80. The molecule has 26 heavy (non-hydrogen) atoms. The first-order valence-electron chi connectivity index (χ1n) is 7.77. The van der Waals surface area contributed by atoms with Crippen molar-refractivity contribution in [3.8, 4) is 11.1 Å². The average Bonchev–Trinajstić information content (AvgIpc) is 3.13. The van der Waals surface area contributed by atoms with Crippen LogP contribution in [0.4, 0.5) is 10.2 Å². The fourth-order valence-corrected chi connectivity index (χ4v) is 2.66. The van der Waals surface area contributed by atoms with Crippen molar-refractivity contribution in [3.05, 3.63) is 53.7 Å². The molecule has 0 atom stereocenters. The molecule has 0 unspecified atom stereocenters. The van der Waals surface area contributed by atoms with Crippen LogP contribution in [-0.4, -0.2) is 31.4 Å². The maximum atomic E-state index is 13.9. The standard InChI is InChI=1S/C17H17FN6O2/c1-10-6-14(23(2)22-10)21-15(25)9-24-8-11(7-20-24)12-4-3-5-13(18)16(12)17(19)26/h3-8H,9H2,1-2H3,(H2,19,26)(H,21,25). The van der Waals surface area contributed by atoms with Crippen LogP contribution in [0.2, 0.25) is 0 Å². The van der Waals surface area contributed by atoms with E-state index in [1.165, 1.54) is 16.9 Å². The number of hydrogen-bond acceptors (Lipinski definition) is 4. The lowest BCUT2D eigenvalue weighted by Gasteiger charge is -2.06. The van der Waals surface area contributed by atoms with Gasteiger partial charge in [-0.05, 0) is 13.0 Å². The molecule has 0 aliphatic heterocycles.